The lowest BCUT2D eigenvalue weighted by Gasteiger charge is -2.47. The standard InChI is InChI=1S/C15H20BrN3O2/c1-4-15(5-2)14(21)18-10(3)13(20)19(15)9-11-6-12(16)8-17-7-11/h6-8,10H,4-5,9H2,1-3H3,(H,18,21). The Bertz CT molecular complexity index is 558. The van der Waals surface area contributed by atoms with Crippen LogP contribution in [0, 0.1) is 0 Å². The van der Waals surface area contributed by atoms with Crippen LogP contribution in [-0.2, 0) is 16.1 Å². The van der Waals surface area contributed by atoms with E-state index < -0.39 is 11.6 Å². The zero-order valence-corrected chi connectivity index (χ0v) is 14.1. The molecular formula is C15H20BrN3O2. The Hall–Kier alpha value is -1.43. The highest BCUT2D eigenvalue weighted by molar-refractivity contribution is 9.10. The van der Waals surface area contributed by atoms with Crippen LogP contribution in [0.1, 0.15) is 39.2 Å². The van der Waals surface area contributed by atoms with Crippen LogP contribution in [-0.4, -0.2) is 33.3 Å². The molecule has 0 bridgehead atoms. The van der Waals surface area contributed by atoms with Crippen molar-refractivity contribution in [3.05, 3.63) is 28.5 Å². The zero-order chi connectivity index (χ0) is 15.6. The van der Waals surface area contributed by atoms with Gasteiger partial charge in [0.15, 0.2) is 0 Å². The van der Waals surface area contributed by atoms with Crippen molar-refractivity contribution >= 4 is 27.7 Å². The average molecular weight is 354 g/mol. The van der Waals surface area contributed by atoms with E-state index in [1.165, 1.54) is 0 Å². The number of hydrogen-bond donors (Lipinski definition) is 1. The summed E-state index contributed by atoms with van der Waals surface area (Å²) in [6, 6.07) is 1.44. The van der Waals surface area contributed by atoms with Crippen molar-refractivity contribution < 1.29 is 9.59 Å². The number of nitrogens with zero attached hydrogens (tertiary/aromatic N) is 2. The molecule has 1 aliphatic heterocycles. The van der Waals surface area contributed by atoms with Gasteiger partial charge in [0.2, 0.25) is 11.8 Å². The lowest BCUT2D eigenvalue weighted by atomic mass is 9.85. The summed E-state index contributed by atoms with van der Waals surface area (Å²) in [7, 11) is 0. The van der Waals surface area contributed by atoms with E-state index >= 15 is 0 Å². The van der Waals surface area contributed by atoms with Gasteiger partial charge in [0.05, 0.1) is 0 Å². The third-order valence-electron chi connectivity index (χ3n) is 4.20. The average Bonchev–Trinajstić information content (AvgIpc) is 2.46. The maximum absolute atomic E-state index is 12.6. The van der Waals surface area contributed by atoms with E-state index in [2.05, 4.69) is 26.2 Å². The van der Waals surface area contributed by atoms with Gasteiger partial charge in [0.1, 0.15) is 11.6 Å². The molecule has 1 N–H and O–H groups in total. The molecule has 21 heavy (non-hydrogen) atoms. The molecule has 1 aromatic heterocycles. The van der Waals surface area contributed by atoms with Crippen molar-refractivity contribution in [3.8, 4) is 0 Å². The van der Waals surface area contributed by atoms with Crippen LogP contribution < -0.4 is 5.32 Å². The number of aromatic nitrogens is 1. The summed E-state index contributed by atoms with van der Waals surface area (Å²) in [5.74, 6) is -0.110. The van der Waals surface area contributed by atoms with Crippen molar-refractivity contribution in [3.63, 3.8) is 0 Å². The first kappa shape index (κ1) is 15.9. The normalized spacial score (nSPS) is 21.3. The molecule has 5 nitrogen and oxygen atoms in total. The third-order valence-corrected chi connectivity index (χ3v) is 4.63. The number of nitrogens with one attached hydrogen (secondary N) is 1. The maximum Gasteiger partial charge on any atom is 0.246 e. The fourth-order valence-corrected chi connectivity index (χ4v) is 3.28. The molecule has 0 spiro atoms. The molecule has 2 amide bonds. The largest absolute Gasteiger partial charge is 0.343 e. The number of carbonyl (C=O) groups is 2. The van der Waals surface area contributed by atoms with Crippen LogP contribution in [0.2, 0.25) is 0 Å². The molecule has 1 saturated heterocycles. The van der Waals surface area contributed by atoms with Gasteiger partial charge in [-0.1, -0.05) is 13.8 Å². The van der Waals surface area contributed by atoms with Crippen LogP contribution in [0.25, 0.3) is 0 Å². The van der Waals surface area contributed by atoms with Crippen molar-refractivity contribution in [2.24, 2.45) is 0 Å². The van der Waals surface area contributed by atoms with Crippen molar-refractivity contribution in [1.29, 1.82) is 0 Å². The Morgan fingerprint density at radius 3 is 2.57 bits per heavy atom. The molecule has 2 heterocycles. The van der Waals surface area contributed by atoms with Crippen LogP contribution in [0.3, 0.4) is 0 Å². The summed E-state index contributed by atoms with van der Waals surface area (Å²) < 4.78 is 0.862. The number of amides is 2. The van der Waals surface area contributed by atoms with Gasteiger partial charge in [-0.15, -0.1) is 0 Å². The SMILES string of the molecule is CCC1(CC)C(=O)NC(C)C(=O)N1Cc1cncc(Br)c1. The van der Waals surface area contributed by atoms with Gasteiger partial charge in [-0.05, 0) is 47.3 Å². The van der Waals surface area contributed by atoms with Gasteiger partial charge in [-0.2, -0.15) is 0 Å². The fourth-order valence-electron chi connectivity index (χ4n) is 2.87. The number of hydrogen-bond acceptors (Lipinski definition) is 3. The van der Waals surface area contributed by atoms with E-state index in [0.717, 1.165) is 10.0 Å². The van der Waals surface area contributed by atoms with E-state index in [-0.39, 0.29) is 11.8 Å². The van der Waals surface area contributed by atoms with Gasteiger partial charge in [-0.3, -0.25) is 14.6 Å². The van der Waals surface area contributed by atoms with Crippen molar-refractivity contribution in [2.45, 2.75) is 51.7 Å². The third kappa shape index (κ3) is 2.81. The monoisotopic (exact) mass is 353 g/mol. The summed E-state index contributed by atoms with van der Waals surface area (Å²) in [4.78, 5) is 30.9. The molecule has 1 fully saturated rings. The Kier molecular flexibility index (Phi) is 4.66. The predicted molar refractivity (Wildman–Crippen MR) is 83.4 cm³/mol. The molecular weight excluding hydrogens is 334 g/mol. The minimum atomic E-state index is -0.772. The first-order chi connectivity index (χ1) is 9.94. The van der Waals surface area contributed by atoms with Crippen molar-refractivity contribution in [2.75, 3.05) is 0 Å². The smallest absolute Gasteiger partial charge is 0.246 e. The van der Waals surface area contributed by atoms with Gasteiger partial charge >= 0.3 is 0 Å². The second-order valence-electron chi connectivity index (χ2n) is 5.37. The van der Waals surface area contributed by atoms with Gasteiger partial charge in [-0.25, -0.2) is 0 Å². The Morgan fingerprint density at radius 2 is 2.00 bits per heavy atom. The molecule has 0 radical (unpaired) electrons. The van der Waals surface area contributed by atoms with Crippen molar-refractivity contribution in [1.82, 2.24) is 15.2 Å². The summed E-state index contributed by atoms with van der Waals surface area (Å²) in [6.07, 6.45) is 4.61. The number of piperazine rings is 1. The molecule has 0 saturated carbocycles. The van der Waals surface area contributed by atoms with E-state index in [4.69, 9.17) is 0 Å². The topological polar surface area (TPSA) is 62.3 Å². The Labute approximate surface area is 133 Å². The molecule has 2 rings (SSSR count). The Balaban J connectivity index is 2.39. The number of rotatable bonds is 4. The first-order valence-corrected chi connectivity index (χ1v) is 7.95. The highest BCUT2D eigenvalue weighted by Crippen LogP contribution is 2.30. The van der Waals surface area contributed by atoms with E-state index in [9.17, 15) is 9.59 Å². The molecule has 1 aliphatic rings. The fraction of sp³-hybridized carbons (Fsp3) is 0.533. The number of carbonyl (C=O) groups excluding carboxylic acids is 2. The summed E-state index contributed by atoms with van der Waals surface area (Å²) >= 11 is 3.38. The first-order valence-electron chi connectivity index (χ1n) is 7.16. The molecule has 114 valence electrons. The van der Waals surface area contributed by atoms with E-state index in [1.54, 1.807) is 24.2 Å². The quantitative estimate of drug-likeness (QED) is 0.902. The molecule has 0 aromatic carbocycles. The van der Waals surface area contributed by atoms with Crippen LogP contribution in [0.5, 0.6) is 0 Å². The second kappa shape index (κ2) is 6.13. The lowest BCUT2D eigenvalue weighted by molar-refractivity contribution is -0.158. The molecule has 1 aromatic rings. The predicted octanol–water partition coefficient (Wildman–Crippen LogP) is 2.25. The zero-order valence-electron chi connectivity index (χ0n) is 12.5. The summed E-state index contributed by atoms with van der Waals surface area (Å²) in [5, 5.41) is 2.79. The molecule has 1 atom stereocenters. The number of pyridine rings is 1. The Morgan fingerprint density at radius 1 is 1.33 bits per heavy atom. The molecule has 0 aliphatic carbocycles. The van der Waals surface area contributed by atoms with E-state index in [0.29, 0.717) is 19.4 Å². The van der Waals surface area contributed by atoms with E-state index in [1.807, 2.05) is 19.9 Å². The second-order valence-corrected chi connectivity index (χ2v) is 6.29. The van der Waals surface area contributed by atoms with Crippen LogP contribution in [0.15, 0.2) is 22.9 Å². The number of halogens is 1. The minimum absolute atomic E-state index is 0.0433. The van der Waals surface area contributed by atoms with Gasteiger partial charge in [0, 0.05) is 23.4 Å². The molecule has 6 heteroatoms. The van der Waals surface area contributed by atoms with Crippen LogP contribution in [0.4, 0.5) is 0 Å². The van der Waals surface area contributed by atoms with Gasteiger partial charge < -0.3 is 10.2 Å². The molecule has 1 unspecified atom stereocenters. The van der Waals surface area contributed by atoms with Crippen LogP contribution >= 0.6 is 15.9 Å². The summed E-state index contributed by atoms with van der Waals surface area (Å²) in [5.41, 5.74) is 0.136. The highest BCUT2D eigenvalue weighted by Gasteiger charge is 2.49. The lowest BCUT2D eigenvalue weighted by Crippen LogP contribution is -2.69. The maximum atomic E-state index is 12.6. The summed E-state index contributed by atoms with van der Waals surface area (Å²) in [6.45, 7) is 6.00. The highest BCUT2D eigenvalue weighted by atomic mass is 79.9. The van der Waals surface area contributed by atoms with Gasteiger partial charge in [0.25, 0.3) is 0 Å². The minimum Gasteiger partial charge on any atom is -0.343 e.